The molecule has 1 aromatic carbocycles. The molecule has 0 amide bonds. The van der Waals surface area contributed by atoms with Gasteiger partial charge in [0.2, 0.25) is 5.82 Å². The number of nitrogens with zero attached hydrogens (tertiary/aromatic N) is 4. The molecule has 3 aromatic rings. The van der Waals surface area contributed by atoms with Crippen LogP contribution >= 0.6 is 0 Å². The quantitative estimate of drug-likeness (QED) is 0.762. The minimum atomic E-state index is -0.210. The molecule has 2 aromatic heterocycles. The summed E-state index contributed by atoms with van der Waals surface area (Å²) in [5.41, 5.74) is 0.662. The number of halogens is 1. The topological polar surface area (TPSA) is 83.7 Å². The Kier molecular flexibility index (Phi) is 4.42. The number of benzene rings is 1. The Hall–Kier alpha value is -3.11. The summed E-state index contributed by atoms with van der Waals surface area (Å²) in [6, 6.07) is 7.21. The van der Waals surface area contributed by atoms with Gasteiger partial charge in [-0.25, -0.2) is 14.4 Å². The van der Waals surface area contributed by atoms with Crippen LogP contribution in [-0.4, -0.2) is 27.1 Å². The van der Waals surface area contributed by atoms with Crippen LogP contribution in [0.15, 0.2) is 43.0 Å². The molecule has 1 aliphatic rings. The summed E-state index contributed by atoms with van der Waals surface area (Å²) < 4.78 is 20.0. The Balaban J connectivity index is 1.32. The first-order chi connectivity index (χ1) is 12.7. The second-order valence-corrected chi connectivity index (χ2v) is 6.27. The second kappa shape index (κ2) is 7.02. The maximum Gasteiger partial charge on any atom is 0.232 e. The Morgan fingerprint density at radius 3 is 2.77 bits per heavy atom. The van der Waals surface area contributed by atoms with Crippen molar-refractivity contribution in [2.75, 3.05) is 0 Å². The maximum atomic E-state index is 14.2. The van der Waals surface area contributed by atoms with E-state index >= 15 is 0 Å². The van der Waals surface area contributed by atoms with E-state index in [4.69, 9.17) is 10.00 Å². The molecule has 0 aliphatic heterocycles. The molecule has 0 spiro atoms. The van der Waals surface area contributed by atoms with Crippen molar-refractivity contribution < 1.29 is 9.13 Å². The molecule has 1 aliphatic carbocycles. The fraction of sp³-hybridized carbons (Fsp3) is 0.263. The fourth-order valence-electron chi connectivity index (χ4n) is 3.09. The molecule has 26 heavy (non-hydrogen) atoms. The number of nitriles is 1. The number of pyridine rings is 1. The summed E-state index contributed by atoms with van der Waals surface area (Å²) in [4.78, 5) is 11.8. The van der Waals surface area contributed by atoms with Crippen LogP contribution in [0.1, 0.15) is 24.2 Å². The van der Waals surface area contributed by atoms with Crippen LogP contribution in [0.3, 0.4) is 0 Å². The number of aromatic nitrogens is 3. The van der Waals surface area contributed by atoms with E-state index in [1.807, 2.05) is 12.1 Å². The van der Waals surface area contributed by atoms with Gasteiger partial charge >= 0.3 is 0 Å². The van der Waals surface area contributed by atoms with Gasteiger partial charge in [-0.1, -0.05) is 0 Å². The molecular formula is C19H16FN5O. The number of hydrogen-bond acceptors (Lipinski definition) is 6. The van der Waals surface area contributed by atoms with Crippen LogP contribution in [0.25, 0.3) is 10.8 Å². The zero-order chi connectivity index (χ0) is 17.9. The van der Waals surface area contributed by atoms with Gasteiger partial charge in [0, 0.05) is 35.9 Å². The van der Waals surface area contributed by atoms with Crippen molar-refractivity contribution in [2.45, 2.75) is 31.5 Å². The van der Waals surface area contributed by atoms with Crippen LogP contribution < -0.4 is 10.1 Å². The van der Waals surface area contributed by atoms with Gasteiger partial charge in [-0.15, -0.1) is 0 Å². The molecule has 0 saturated heterocycles. The molecule has 1 fully saturated rings. The van der Waals surface area contributed by atoms with Gasteiger partial charge in [0.1, 0.15) is 18.0 Å². The van der Waals surface area contributed by atoms with Gasteiger partial charge in [0.15, 0.2) is 5.75 Å². The first-order valence-electron chi connectivity index (χ1n) is 8.36. The Labute approximate surface area is 149 Å². The van der Waals surface area contributed by atoms with E-state index in [2.05, 4.69) is 20.3 Å². The monoisotopic (exact) mass is 349 g/mol. The number of rotatable bonds is 5. The molecule has 130 valence electrons. The number of nitrogens with one attached hydrogen (secondary N) is 1. The lowest BCUT2D eigenvalue weighted by atomic mass is 9.89. The zero-order valence-corrected chi connectivity index (χ0v) is 13.9. The molecule has 2 heterocycles. The highest BCUT2D eigenvalue weighted by Crippen LogP contribution is 2.27. The number of fused-ring (bicyclic) bond motifs is 1. The van der Waals surface area contributed by atoms with Crippen LogP contribution in [0.5, 0.6) is 5.75 Å². The highest BCUT2D eigenvalue weighted by Gasteiger charge is 2.30. The lowest BCUT2D eigenvalue weighted by Gasteiger charge is -2.36. The highest BCUT2D eigenvalue weighted by molar-refractivity contribution is 5.84. The molecule has 0 bridgehead atoms. The van der Waals surface area contributed by atoms with Crippen LogP contribution in [0.4, 0.5) is 4.39 Å². The Morgan fingerprint density at radius 1 is 1.19 bits per heavy atom. The minimum Gasteiger partial charge on any atom is -0.487 e. The summed E-state index contributed by atoms with van der Waals surface area (Å²) in [6.07, 6.45) is 8.16. The third-order valence-corrected chi connectivity index (χ3v) is 4.57. The third kappa shape index (κ3) is 3.32. The predicted molar refractivity (Wildman–Crippen MR) is 92.7 cm³/mol. The summed E-state index contributed by atoms with van der Waals surface area (Å²) >= 11 is 0. The lowest BCUT2D eigenvalue weighted by Crippen LogP contribution is -2.46. The second-order valence-electron chi connectivity index (χ2n) is 6.27. The van der Waals surface area contributed by atoms with E-state index in [-0.39, 0.29) is 23.8 Å². The lowest BCUT2D eigenvalue weighted by molar-refractivity contribution is 0.0834. The van der Waals surface area contributed by atoms with Gasteiger partial charge in [-0.05, 0) is 36.4 Å². The zero-order valence-electron chi connectivity index (χ0n) is 13.9. The first-order valence-corrected chi connectivity index (χ1v) is 8.36. The Bertz CT molecular complexity index is 964. The average Bonchev–Trinajstić information content (AvgIpc) is 2.65. The summed E-state index contributed by atoms with van der Waals surface area (Å²) in [6.45, 7) is 0.463. The smallest absolute Gasteiger partial charge is 0.232 e. The Morgan fingerprint density at radius 2 is 2.00 bits per heavy atom. The van der Waals surface area contributed by atoms with Crippen molar-refractivity contribution in [3.63, 3.8) is 0 Å². The van der Waals surface area contributed by atoms with Crippen molar-refractivity contribution >= 4 is 10.8 Å². The summed E-state index contributed by atoms with van der Waals surface area (Å²) in [7, 11) is 0. The molecule has 4 rings (SSSR count). The van der Waals surface area contributed by atoms with E-state index < -0.39 is 0 Å². The molecule has 0 atom stereocenters. The number of ether oxygens (including phenoxy) is 1. The molecule has 1 N–H and O–H groups in total. The van der Waals surface area contributed by atoms with Crippen molar-refractivity contribution in [3.8, 4) is 11.8 Å². The summed E-state index contributed by atoms with van der Waals surface area (Å²) in [5.74, 6) is 0.468. The van der Waals surface area contributed by atoms with E-state index in [1.54, 1.807) is 18.5 Å². The minimum absolute atomic E-state index is 0.0746. The molecule has 7 heteroatoms. The van der Waals surface area contributed by atoms with Crippen LogP contribution in [0, 0.1) is 17.1 Å². The molecule has 6 nitrogen and oxygen atoms in total. The predicted octanol–water partition coefficient (Wildman–Crippen LogP) is 2.74. The van der Waals surface area contributed by atoms with Crippen molar-refractivity contribution in [1.29, 1.82) is 5.26 Å². The van der Waals surface area contributed by atoms with E-state index in [1.165, 1.54) is 18.5 Å². The van der Waals surface area contributed by atoms with Crippen molar-refractivity contribution in [1.82, 2.24) is 20.3 Å². The van der Waals surface area contributed by atoms with Crippen LogP contribution in [0.2, 0.25) is 0 Å². The van der Waals surface area contributed by atoms with E-state index in [0.29, 0.717) is 17.9 Å². The van der Waals surface area contributed by atoms with Gasteiger partial charge in [0.05, 0.1) is 12.4 Å². The van der Waals surface area contributed by atoms with E-state index in [0.717, 1.165) is 23.6 Å². The molecule has 0 unspecified atom stereocenters. The first kappa shape index (κ1) is 16.4. The largest absolute Gasteiger partial charge is 0.487 e. The normalized spacial score (nSPS) is 18.9. The standard InChI is InChI=1S/C19H16FN5O/c20-18-2-1-12-8-22-4-3-16(12)17(18)11-23-13-5-14(6-13)26-15-9-24-19(7-21)25-10-15/h1-4,8-10,13-14,23H,5-6,11H2. The third-order valence-electron chi connectivity index (χ3n) is 4.57. The molecule has 0 radical (unpaired) electrons. The fourth-order valence-corrected chi connectivity index (χ4v) is 3.09. The average molecular weight is 349 g/mol. The SMILES string of the molecule is N#Cc1ncc(OC2CC(NCc3c(F)ccc4cnccc34)C2)cn1. The van der Waals surface area contributed by atoms with Crippen LogP contribution in [-0.2, 0) is 6.54 Å². The maximum absolute atomic E-state index is 14.2. The molecular weight excluding hydrogens is 333 g/mol. The van der Waals surface area contributed by atoms with Crippen molar-refractivity contribution in [2.24, 2.45) is 0 Å². The van der Waals surface area contributed by atoms with E-state index in [9.17, 15) is 4.39 Å². The van der Waals surface area contributed by atoms with Gasteiger partial charge < -0.3 is 10.1 Å². The van der Waals surface area contributed by atoms with Gasteiger partial charge in [-0.2, -0.15) is 5.26 Å². The van der Waals surface area contributed by atoms with Gasteiger partial charge in [0.25, 0.3) is 0 Å². The van der Waals surface area contributed by atoms with Gasteiger partial charge in [-0.3, -0.25) is 4.98 Å². The molecule has 1 saturated carbocycles. The van der Waals surface area contributed by atoms with Crippen molar-refractivity contribution in [3.05, 3.63) is 60.2 Å². The number of hydrogen-bond donors (Lipinski definition) is 1. The highest BCUT2D eigenvalue weighted by atomic mass is 19.1. The summed E-state index contributed by atoms with van der Waals surface area (Å²) in [5, 5.41) is 13.9.